The molecule has 1 N–H and O–H groups in total. The number of pyridine rings is 1. The number of rotatable bonds is 1. The van der Waals surface area contributed by atoms with Crippen LogP contribution in [0.1, 0.15) is 5.56 Å². The lowest BCUT2D eigenvalue weighted by Gasteiger charge is -1.94. The molecule has 0 spiro atoms. The van der Waals surface area contributed by atoms with Crippen molar-refractivity contribution in [3.63, 3.8) is 0 Å². The Balaban J connectivity index is 2.22. The normalized spacial score (nSPS) is 10.9. The minimum atomic E-state index is 0.220. The average molecular weight is 225 g/mol. The number of phenols is 1. The quantitative estimate of drug-likeness (QED) is 0.691. The second kappa shape index (κ2) is 3.59. The van der Waals surface area contributed by atoms with Crippen molar-refractivity contribution >= 4 is 5.65 Å². The third-order valence-corrected chi connectivity index (χ3v) is 2.66. The first-order valence-electron chi connectivity index (χ1n) is 5.35. The fourth-order valence-corrected chi connectivity index (χ4v) is 1.81. The highest BCUT2D eigenvalue weighted by molar-refractivity contribution is 5.61. The number of aryl methyl sites for hydroxylation is 1. The summed E-state index contributed by atoms with van der Waals surface area (Å²) in [5.74, 6) is 0.841. The van der Waals surface area contributed by atoms with Crippen LogP contribution in [0.2, 0.25) is 0 Å². The Morgan fingerprint density at radius 2 is 2.06 bits per heavy atom. The van der Waals surface area contributed by atoms with Gasteiger partial charge in [-0.05, 0) is 30.7 Å². The maximum absolute atomic E-state index is 9.44. The molecular weight excluding hydrogens is 214 g/mol. The summed E-state index contributed by atoms with van der Waals surface area (Å²) in [6, 6.07) is 10.9. The largest absolute Gasteiger partial charge is 0.508 e. The predicted molar refractivity (Wildman–Crippen MR) is 64.8 cm³/mol. The number of hydrogen-bond donors (Lipinski definition) is 1. The van der Waals surface area contributed by atoms with E-state index in [4.69, 9.17) is 0 Å². The molecule has 0 radical (unpaired) electrons. The molecule has 84 valence electrons. The maximum atomic E-state index is 9.44. The Hall–Kier alpha value is -2.36. The molecular formula is C13H11N3O. The van der Waals surface area contributed by atoms with Gasteiger partial charge < -0.3 is 5.11 Å². The predicted octanol–water partition coefficient (Wildman–Crippen LogP) is 2.41. The number of aromatic hydroxyl groups is 1. The Morgan fingerprint density at radius 3 is 2.82 bits per heavy atom. The second-order valence-electron chi connectivity index (χ2n) is 3.95. The van der Waals surface area contributed by atoms with Gasteiger partial charge in [-0.3, -0.25) is 0 Å². The van der Waals surface area contributed by atoms with Crippen LogP contribution in [0.3, 0.4) is 0 Å². The smallest absolute Gasteiger partial charge is 0.182 e. The summed E-state index contributed by atoms with van der Waals surface area (Å²) in [5.41, 5.74) is 2.73. The fourth-order valence-electron chi connectivity index (χ4n) is 1.81. The van der Waals surface area contributed by atoms with Crippen LogP contribution in [0, 0.1) is 6.92 Å². The molecule has 4 heteroatoms. The molecule has 2 heterocycles. The molecule has 0 aliphatic carbocycles. The number of nitrogens with zero attached hydrogens (tertiary/aromatic N) is 3. The Morgan fingerprint density at radius 1 is 1.18 bits per heavy atom. The van der Waals surface area contributed by atoms with E-state index >= 15 is 0 Å². The van der Waals surface area contributed by atoms with Crippen molar-refractivity contribution in [1.29, 1.82) is 0 Å². The van der Waals surface area contributed by atoms with Crippen molar-refractivity contribution in [2.45, 2.75) is 6.92 Å². The van der Waals surface area contributed by atoms with Crippen LogP contribution in [0.15, 0.2) is 42.6 Å². The molecule has 0 atom stereocenters. The van der Waals surface area contributed by atoms with Crippen LogP contribution < -0.4 is 0 Å². The highest BCUT2D eigenvalue weighted by Crippen LogP contribution is 2.21. The fraction of sp³-hybridized carbons (Fsp3) is 0.0769. The molecule has 17 heavy (non-hydrogen) atoms. The monoisotopic (exact) mass is 225 g/mol. The second-order valence-corrected chi connectivity index (χ2v) is 3.95. The maximum Gasteiger partial charge on any atom is 0.182 e. The van der Waals surface area contributed by atoms with E-state index in [1.165, 1.54) is 0 Å². The van der Waals surface area contributed by atoms with Crippen LogP contribution in [0.25, 0.3) is 17.0 Å². The molecule has 3 rings (SSSR count). The summed E-state index contributed by atoms with van der Waals surface area (Å²) in [6.07, 6.45) is 1.86. The van der Waals surface area contributed by atoms with E-state index < -0.39 is 0 Å². The standard InChI is InChI=1S/C13H11N3O/c1-9-4-3-7-16-13(9)14-12(15-16)10-5-2-6-11(17)8-10/h2-8,17H,1H3. The molecule has 3 aromatic rings. The first-order valence-corrected chi connectivity index (χ1v) is 5.35. The zero-order valence-corrected chi connectivity index (χ0v) is 9.33. The molecule has 0 amide bonds. The van der Waals surface area contributed by atoms with Crippen molar-refractivity contribution in [2.24, 2.45) is 0 Å². The van der Waals surface area contributed by atoms with E-state index in [9.17, 15) is 5.11 Å². The molecule has 0 unspecified atom stereocenters. The van der Waals surface area contributed by atoms with Crippen LogP contribution in [0.5, 0.6) is 5.75 Å². The summed E-state index contributed by atoms with van der Waals surface area (Å²) in [6.45, 7) is 2.00. The molecule has 0 bridgehead atoms. The summed E-state index contributed by atoms with van der Waals surface area (Å²) in [5, 5.41) is 13.8. The van der Waals surface area contributed by atoms with Gasteiger partial charge >= 0.3 is 0 Å². The Bertz CT molecular complexity index is 688. The highest BCUT2D eigenvalue weighted by atomic mass is 16.3. The van der Waals surface area contributed by atoms with Gasteiger partial charge in [0.25, 0.3) is 0 Å². The summed E-state index contributed by atoms with van der Waals surface area (Å²) >= 11 is 0. The van der Waals surface area contributed by atoms with Crippen molar-refractivity contribution in [3.8, 4) is 17.1 Å². The van der Waals surface area contributed by atoms with Gasteiger partial charge in [-0.15, -0.1) is 5.10 Å². The van der Waals surface area contributed by atoms with Gasteiger partial charge in [0.05, 0.1) is 0 Å². The third-order valence-electron chi connectivity index (χ3n) is 2.66. The lowest BCUT2D eigenvalue weighted by Crippen LogP contribution is -1.87. The number of benzene rings is 1. The lowest BCUT2D eigenvalue weighted by atomic mass is 10.2. The van der Waals surface area contributed by atoms with Crippen molar-refractivity contribution in [3.05, 3.63) is 48.2 Å². The molecule has 4 nitrogen and oxygen atoms in total. The summed E-state index contributed by atoms with van der Waals surface area (Å²) in [4.78, 5) is 4.46. The molecule has 0 aliphatic heterocycles. The minimum Gasteiger partial charge on any atom is -0.508 e. The number of aromatic nitrogens is 3. The molecule has 0 aliphatic rings. The molecule has 2 aromatic heterocycles. The van der Waals surface area contributed by atoms with Crippen LogP contribution in [-0.4, -0.2) is 19.7 Å². The Kier molecular flexibility index (Phi) is 2.08. The van der Waals surface area contributed by atoms with Gasteiger partial charge in [0, 0.05) is 11.8 Å². The Labute approximate surface area is 98.2 Å². The van der Waals surface area contributed by atoms with E-state index in [0.29, 0.717) is 5.82 Å². The summed E-state index contributed by atoms with van der Waals surface area (Å²) in [7, 11) is 0. The van der Waals surface area contributed by atoms with E-state index in [2.05, 4.69) is 10.1 Å². The molecule has 0 saturated heterocycles. The third kappa shape index (κ3) is 1.63. The van der Waals surface area contributed by atoms with E-state index in [1.807, 2.05) is 31.3 Å². The van der Waals surface area contributed by atoms with E-state index in [0.717, 1.165) is 16.8 Å². The van der Waals surface area contributed by atoms with E-state index in [1.54, 1.807) is 22.7 Å². The van der Waals surface area contributed by atoms with Gasteiger partial charge in [-0.1, -0.05) is 18.2 Å². The van der Waals surface area contributed by atoms with Gasteiger partial charge in [0.1, 0.15) is 5.75 Å². The molecule has 1 aromatic carbocycles. The van der Waals surface area contributed by atoms with Gasteiger partial charge in [-0.25, -0.2) is 9.50 Å². The summed E-state index contributed by atoms with van der Waals surface area (Å²) < 4.78 is 1.74. The van der Waals surface area contributed by atoms with Crippen LogP contribution in [-0.2, 0) is 0 Å². The van der Waals surface area contributed by atoms with E-state index in [-0.39, 0.29) is 5.75 Å². The van der Waals surface area contributed by atoms with Crippen LogP contribution in [0.4, 0.5) is 0 Å². The van der Waals surface area contributed by atoms with Gasteiger partial charge in [-0.2, -0.15) is 0 Å². The number of phenolic OH excluding ortho intramolecular Hbond substituents is 1. The number of fused-ring (bicyclic) bond motifs is 1. The van der Waals surface area contributed by atoms with Crippen molar-refractivity contribution < 1.29 is 5.11 Å². The van der Waals surface area contributed by atoms with Gasteiger partial charge in [0.2, 0.25) is 0 Å². The zero-order valence-electron chi connectivity index (χ0n) is 9.33. The first kappa shape index (κ1) is 9.84. The van der Waals surface area contributed by atoms with Crippen LogP contribution >= 0.6 is 0 Å². The van der Waals surface area contributed by atoms with Crippen molar-refractivity contribution in [1.82, 2.24) is 14.6 Å². The minimum absolute atomic E-state index is 0.220. The van der Waals surface area contributed by atoms with Crippen molar-refractivity contribution in [2.75, 3.05) is 0 Å². The molecule has 0 fully saturated rings. The average Bonchev–Trinajstić information content (AvgIpc) is 2.74. The first-order chi connectivity index (χ1) is 8.24. The van der Waals surface area contributed by atoms with Gasteiger partial charge in [0.15, 0.2) is 11.5 Å². The zero-order chi connectivity index (χ0) is 11.8. The number of hydrogen-bond acceptors (Lipinski definition) is 3. The molecule has 0 saturated carbocycles. The highest BCUT2D eigenvalue weighted by Gasteiger charge is 2.07. The lowest BCUT2D eigenvalue weighted by molar-refractivity contribution is 0.475. The SMILES string of the molecule is Cc1cccn2nc(-c3cccc(O)c3)nc12. The topological polar surface area (TPSA) is 50.4 Å².